The van der Waals surface area contributed by atoms with Gasteiger partial charge in [-0.1, -0.05) is 37.3 Å². The van der Waals surface area contributed by atoms with Crippen molar-refractivity contribution in [1.82, 2.24) is 5.32 Å². The largest absolute Gasteiger partial charge is 0.316 e. The van der Waals surface area contributed by atoms with Gasteiger partial charge in [0.2, 0.25) is 0 Å². The molecule has 1 unspecified atom stereocenters. The molecule has 1 heterocycles. The van der Waals surface area contributed by atoms with E-state index >= 15 is 0 Å². The zero-order valence-electron chi connectivity index (χ0n) is 12.3. The molecule has 0 aliphatic carbocycles. The highest BCUT2D eigenvalue weighted by Gasteiger charge is 2.10. The van der Waals surface area contributed by atoms with Crippen molar-refractivity contribution in [2.75, 3.05) is 13.1 Å². The summed E-state index contributed by atoms with van der Waals surface area (Å²) in [5.41, 5.74) is 2.96. The Morgan fingerprint density at radius 1 is 1.15 bits per heavy atom. The van der Waals surface area contributed by atoms with E-state index in [1.54, 1.807) is 11.3 Å². The van der Waals surface area contributed by atoms with Gasteiger partial charge in [-0.2, -0.15) is 11.3 Å². The molecular weight excluding hydrogens is 262 g/mol. The number of hydrogen-bond donors (Lipinski definition) is 1. The molecule has 0 saturated heterocycles. The molecule has 2 rings (SSSR count). The SMILES string of the molecule is CCCNCC(CCCc1ccsc1)c1ccccc1. The van der Waals surface area contributed by atoms with Crippen LogP contribution >= 0.6 is 11.3 Å². The van der Waals surface area contributed by atoms with E-state index in [1.807, 2.05) is 0 Å². The smallest absolute Gasteiger partial charge is 0.00201 e. The summed E-state index contributed by atoms with van der Waals surface area (Å²) in [6.07, 6.45) is 4.94. The number of rotatable bonds is 9. The predicted octanol–water partition coefficient (Wildman–Crippen LogP) is 4.85. The molecule has 1 N–H and O–H groups in total. The lowest BCUT2D eigenvalue weighted by molar-refractivity contribution is 0.532. The average molecular weight is 287 g/mol. The maximum atomic E-state index is 3.58. The molecule has 2 aromatic rings. The predicted molar refractivity (Wildman–Crippen MR) is 89.6 cm³/mol. The molecule has 1 aromatic carbocycles. The molecule has 0 aliphatic rings. The minimum atomic E-state index is 0.640. The summed E-state index contributed by atoms with van der Waals surface area (Å²) in [7, 11) is 0. The summed E-state index contributed by atoms with van der Waals surface area (Å²) in [6, 6.07) is 13.2. The van der Waals surface area contributed by atoms with Gasteiger partial charge in [0, 0.05) is 6.54 Å². The normalized spacial score (nSPS) is 12.4. The monoisotopic (exact) mass is 287 g/mol. The Morgan fingerprint density at radius 3 is 2.70 bits per heavy atom. The summed E-state index contributed by atoms with van der Waals surface area (Å²) in [5, 5.41) is 8.02. The van der Waals surface area contributed by atoms with Gasteiger partial charge >= 0.3 is 0 Å². The Hall–Kier alpha value is -1.12. The van der Waals surface area contributed by atoms with Gasteiger partial charge in [0.05, 0.1) is 0 Å². The molecule has 0 aliphatic heterocycles. The van der Waals surface area contributed by atoms with E-state index in [-0.39, 0.29) is 0 Å². The van der Waals surface area contributed by atoms with Crippen LogP contribution in [0.3, 0.4) is 0 Å². The molecule has 0 amide bonds. The van der Waals surface area contributed by atoms with Crippen molar-refractivity contribution in [1.29, 1.82) is 0 Å². The van der Waals surface area contributed by atoms with Crippen molar-refractivity contribution >= 4 is 11.3 Å². The third kappa shape index (κ3) is 5.10. The molecular formula is C18H25NS. The molecule has 1 aromatic heterocycles. The van der Waals surface area contributed by atoms with Crippen molar-refractivity contribution in [2.24, 2.45) is 0 Å². The number of thiophene rings is 1. The van der Waals surface area contributed by atoms with Crippen molar-refractivity contribution in [3.8, 4) is 0 Å². The fraction of sp³-hybridized carbons (Fsp3) is 0.444. The Balaban J connectivity index is 1.85. The quantitative estimate of drug-likeness (QED) is 0.650. The molecule has 0 bridgehead atoms. The van der Waals surface area contributed by atoms with Gasteiger partial charge in [-0.3, -0.25) is 0 Å². The highest BCUT2D eigenvalue weighted by atomic mass is 32.1. The Morgan fingerprint density at radius 2 is 2.00 bits per heavy atom. The lowest BCUT2D eigenvalue weighted by atomic mass is 9.92. The lowest BCUT2D eigenvalue weighted by Gasteiger charge is -2.18. The Bertz CT molecular complexity index is 450. The number of hydrogen-bond acceptors (Lipinski definition) is 2. The van der Waals surface area contributed by atoms with Gasteiger partial charge in [-0.25, -0.2) is 0 Å². The first kappa shape index (κ1) is 15.3. The second-order valence-electron chi connectivity index (χ2n) is 5.34. The summed E-state index contributed by atoms with van der Waals surface area (Å²) in [6.45, 7) is 4.44. The molecule has 2 heteroatoms. The first-order valence-electron chi connectivity index (χ1n) is 7.67. The van der Waals surface area contributed by atoms with Crippen LogP contribution in [0.1, 0.15) is 43.2 Å². The second kappa shape index (κ2) is 8.93. The van der Waals surface area contributed by atoms with Crippen LogP contribution in [0.5, 0.6) is 0 Å². The maximum absolute atomic E-state index is 3.58. The fourth-order valence-electron chi connectivity index (χ4n) is 2.55. The van der Waals surface area contributed by atoms with Gasteiger partial charge in [0.15, 0.2) is 0 Å². The molecule has 20 heavy (non-hydrogen) atoms. The van der Waals surface area contributed by atoms with Crippen LogP contribution in [0.25, 0.3) is 0 Å². The number of nitrogens with one attached hydrogen (secondary N) is 1. The third-order valence-electron chi connectivity index (χ3n) is 3.69. The zero-order chi connectivity index (χ0) is 14.0. The molecule has 108 valence electrons. The van der Waals surface area contributed by atoms with Crippen molar-refractivity contribution in [3.05, 3.63) is 58.3 Å². The van der Waals surface area contributed by atoms with E-state index < -0.39 is 0 Å². The second-order valence-corrected chi connectivity index (χ2v) is 6.12. The van der Waals surface area contributed by atoms with E-state index in [1.165, 1.54) is 36.8 Å². The Kier molecular flexibility index (Phi) is 6.82. The Labute approximate surface area is 127 Å². The zero-order valence-corrected chi connectivity index (χ0v) is 13.2. The van der Waals surface area contributed by atoms with Gasteiger partial charge in [-0.05, 0) is 66.1 Å². The third-order valence-corrected chi connectivity index (χ3v) is 4.42. The van der Waals surface area contributed by atoms with Crippen LogP contribution in [0.15, 0.2) is 47.2 Å². The lowest BCUT2D eigenvalue weighted by Crippen LogP contribution is -2.22. The molecule has 0 fully saturated rings. The highest BCUT2D eigenvalue weighted by molar-refractivity contribution is 7.07. The number of benzene rings is 1. The minimum Gasteiger partial charge on any atom is -0.316 e. The summed E-state index contributed by atoms with van der Waals surface area (Å²) >= 11 is 1.80. The summed E-state index contributed by atoms with van der Waals surface area (Å²) in [5.74, 6) is 0.640. The van der Waals surface area contributed by atoms with E-state index in [4.69, 9.17) is 0 Å². The van der Waals surface area contributed by atoms with Crippen molar-refractivity contribution in [2.45, 2.75) is 38.5 Å². The van der Waals surface area contributed by atoms with Gasteiger partial charge in [-0.15, -0.1) is 0 Å². The first-order valence-corrected chi connectivity index (χ1v) is 8.61. The van der Waals surface area contributed by atoms with Crippen LogP contribution in [0.4, 0.5) is 0 Å². The van der Waals surface area contributed by atoms with Gasteiger partial charge in [0.25, 0.3) is 0 Å². The van der Waals surface area contributed by atoms with E-state index in [9.17, 15) is 0 Å². The van der Waals surface area contributed by atoms with Gasteiger partial charge < -0.3 is 5.32 Å². The standard InChI is InChI=1S/C18H25NS/c1-2-12-19-14-18(17-8-4-3-5-9-17)10-6-7-16-11-13-20-15-16/h3-5,8-9,11,13,15,18-19H,2,6-7,10,12,14H2,1H3. The van der Waals surface area contributed by atoms with Crippen LogP contribution in [-0.4, -0.2) is 13.1 Å². The summed E-state index contributed by atoms with van der Waals surface area (Å²) < 4.78 is 0. The molecule has 0 spiro atoms. The van der Waals surface area contributed by atoms with Crippen LogP contribution in [0, 0.1) is 0 Å². The minimum absolute atomic E-state index is 0.640. The fourth-order valence-corrected chi connectivity index (χ4v) is 3.26. The molecule has 0 saturated carbocycles. The van der Waals surface area contributed by atoms with E-state index in [0.717, 1.165) is 13.1 Å². The topological polar surface area (TPSA) is 12.0 Å². The van der Waals surface area contributed by atoms with E-state index in [0.29, 0.717) is 5.92 Å². The highest BCUT2D eigenvalue weighted by Crippen LogP contribution is 2.22. The van der Waals surface area contributed by atoms with E-state index in [2.05, 4.69) is 59.4 Å². The van der Waals surface area contributed by atoms with Crippen molar-refractivity contribution in [3.63, 3.8) is 0 Å². The first-order chi connectivity index (χ1) is 9.90. The average Bonchev–Trinajstić information content (AvgIpc) is 3.00. The number of aryl methyl sites for hydroxylation is 1. The molecule has 1 atom stereocenters. The summed E-state index contributed by atoms with van der Waals surface area (Å²) in [4.78, 5) is 0. The van der Waals surface area contributed by atoms with Gasteiger partial charge in [0.1, 0.15) is 0 Å². The van der Waals surface area contributed by atoms with Crippen LogP contribution < -0.4 is 5.32 Å². The van der Waals surface area contributed by atoms with Crippen LogP contribution in [0.2, 0.25) is 0 Å². The molecule has 1 nitrogen and oxygen atoms in total. The maximum Gasteiger partial charge on any atom is 0.00201 e. The van der Waals surface area contributed by atoms with Crippen LogP contribution in [-0.2, 0) is 6.42 Å². The van der Waals surface area contributed by atoms with Crippen molar-refractivity contribution < 1.29 is 0 Å². The molecule has 0 radical (unpaired) electrons.